The highest BCUT2D eigenvalue weighted by atomic mass is 32.1. The summed E-state index contributed by atoms with van der Waals surface area (Å²) >= 11 is 3.87. The quantitative estimate of drug-likeness (QED) is 0.332. The maximum absolute atomic E-state index is 8.26. The number of aromatic amines is 1. The zero-order chi connectivity index (χ0) is 7.56. The number of hydrogen-bond donors (Lipinski definition) is 4. The van der Waals surface area contributed by atoms with E-state index in [4.69, 9.17) is 10.0 Å². The van der Waals surface area contributed by atoms with Crippen LogP contribution in [0.2, 0.25) is 0 Å². The van der Waals surface area contributed by atoms with Gasteiger partial charge < -0.3 is 19.7 Å². The number of hydrogen-bond acceptors (Lipinski definition) is 5. The number of thiol groups is 1. The number of rotatable bonds is 2. The highest BCUT2D eigenvalue weighted by Gasteiger charge is 2.12. The van der Waals surface area contributed by atoms with Crippen molar-refractivity contribution in [2.45, 2.75) is 5.03 Å². The van der Waals surface area contributed by atoms with Crippen molar-refractivity contribution in [3.63, 3.8) is 0 Å². The average Bonchev–Trinajstić information content (AvgIpc) is 2.13. The standard InChI is InChI=1S/C3H5BN2O3S/c7-4(8)9-3-5-1-2(10)6-3/h1,7-8,10H,(H,5,6). The van der Waals surface area contributed by atoms with Crippen molar-refractivity contribution in [2.24, 2.45) is 0 Å². The molecule has 0 bridgehead atoms. The molecule has 0 saturated carbocycles. The van der Waals surface area contributed by atoms with Gasteiger partial charge in [0.1, 0.15) is 0 Å². The van der Waals surface area contributed by atoms with E-state index in [-0.39, 0.29) is 6.01 Å². The maximum Gasteiger partial charge on any atom is 0.709 e. The number of nitrogens with zero attached hydrogens (tertiary/aromatic N) is 1. The normalized spacial score (nSPS) is 9.50. The lowest BCUT2D eigenvalue weighted by atomic mass is 10.3. The van der Waals surface area contributed by atoms with Crippen LogP contribution in [0.4, 0.5) is 0 Å². The lowest BCUT2D eigenvalue weighted by Crippen LogP contribution is -2.21. The van der Waals surface area contributed by atoms with Crippen LogP contribution in [0, 0.1) is 0 Å². The van der Waals surface area contributed by atoms with Crippen LogP contribution in [0.3, 0.4) is 0 Å². The van der Waals surface area contributed by atoms with Gasteiger partial charge in [-0.05, 0) is 0 Å². The second-order valence-electron chi connectivity index (χ2n) is 1.52. The van der Waals surface area contributed by atoms with Gasteiger partial charge in [-0.15, -0.1) is 12.6 Å². The van der Waals surface area contributed by atoms with Crippen LogP contribution < -0.4 is 4.65 Å². The van der Waals surface area contributed by atoms with Crippen molar-refractivity contribution in [2.75, 3.05) is 0 Å². The zero-order valence-electron chi connectivity index (χ0n) is 4.85. The predicted molar refractivity (Wildman–Crippen MR) is 36.7 cm³/mol. The van der Waals surface area contributed by atoms with Crippen LogP contribution in [0.25, 0.3) is 0 Å². The summed E-state index contributed by atoms with van der Waals surface area (Å²) in [5, 5.41) is 17.0. The van der Waals surface area contributed by atoms with Gasteiger partial charge in [-0.1, -0.05) is 0 Å². The van der Waals surface area contributed by atoms with E-state index in [0.29, 0.717) is 5.03 Å². The Morgan fingerprint density at radius 2 is 2.40 bits per heavy atom. The number of aromatic nitrogens is 2. The molecule has 3 N–H and O–H groups in total. The molecule has 0 radical (unpaired) electrons. The van der Waals surface area contributed by atoms with Gasteiger partial charge in [0, 0.05) is 0 Å². The third-order valence-electron chi connectivity index (χ3n) is 0.756. The van der Waals surface area contributed by atoms with Crippen LogP contribution in [-0.4, -0.2) is 27.3 Å². The first-order chi connectivity index (χ1) is 4.68. The Morgan fingerprint density at radius 1 is 1.70 bits per heavy atom. The van der Waals surface area contributed by atoms with Crippen molar-refractivity contribution in [3.05, 3.63) is 6.20 Å². The zero-order valence-corrected chi connectivity index (χ0v) is 5.75. The highest BCUT2D eigenvalue weighted by Crippen LogP contribution is 2.07. The molecule has 0 aromatic carbocycles. The molecular formula is C3H5BN2O3S. The Balaban J connectivity index is 2.58. The molecule has 1 rings (SSSR count). The van der Waals surface area contributed by atoms with E-state index in [0.717, 1.165) is 0 Å². The second kappa shape index (κ2) is 2.95. The molecule has 0 atom stereocenters. The molecule has 1 aromatic heterocycles. The van der Waals surface area contributed by atoms with Crippen LogP contribution in [0.5, 0.6) is 6.01 Å². The Hall–Kier alpha value is -0.655. The maximum atomic E-state index is 8.26. The number of H-pyrrole nitrogens is 1. The van der Waals surface area contributed by atoms with E-state index in [1.54, 1.807) is 0 Å². The minimum absolute atomic E-state index is 0.0278. The molecule has 0 saturated heterocycles. The first-order valence-corrected chi connectivity index (χ1v) is 2.90. The van der Waals surface area contributed by atoms with Crippen molar-refractivity contribution in [3.8, 4) is 6.01 Å². The highest BCUT2D eigenvalue weighted by molar-refractivity contribution is 7.80. The molecular weight excluding hydrogens is 155 g/mol. The van der Waals surface area contributed by atoms with E-state index in [9.17, 15) is 0 Å². The van der Waals surface area contributed by atoms with Crippen LogP contribution in [-0.2, 0) is 0 Å². The van der Waals surface area contributed by atoms with E-state index in [1.165, 1.54) is 6.20 Å². The van der Waals surface area contributed by atoms with Crippen molar-refractivity contribution < 1.29 is 14.7 Å². The molecule has 0 aliphatic rings. The average molecular weight is 160 g/mol. The summed E-state index contributed by atoms with van der Waals surface area (Å²) in [5.41, 5.74) is 0. The Morgan fingerprint density at radius 3 is 2.80 bits per heavy atom. The Kier molecular flexibility index (Phi) is 2.20. The smallest absolute Gasteiger partial charge is 0.484 e. The van der Waals surface area contributed by atoms with Gasteiger partial charge in [-0.3, -0.25) is 0 Å². The fourth-order valence-corrected chi connectivity index (χ4v) is 0.607. The molecule has 0 aliphatic heterocycles. The minimum Gasteiger partial charge on any atom is -0.484 e. The molecule has 10 heavy (non-hydrogen) atoms. The lowest BCUT2D eigenvalue weighted by Gasteiger charge is -1.96. The summed E-state index contributed by atoms with van der Waals surface area (Å²) in [4.78, 5) is 6.10. The number of nitrogens with one attached hydrogen (secondary N) is 1. The summed E-state index contributed by atoms with van der Waals surface area (Å²) in [7, 11) is -1.85. The Labute approximate surface area is 62.6 Å². The fourth-order valence-electron chi connectivity index (χ4n) is 0.454. The monoisotopic (exact) mass is 160 g/mol. The van der Waals surface area contributed by atoms with Gasteiger partial charge in [0.25, 0.3) is 6.01 Å². The van der Waals surface area contributed by atoms with E-state index >= 15 is 0 Å². The molecule has 54 valence electrons. The molecule has 0 amide bonds. The van der Waals surface area contributed by atoms with Gasteiger partial charge in [0.15, 0.2) is 0 Å². The van der Waals surface area contributed by atoms with Gasteiger partial charge in [-0.2, -0.15) is 0 Å². The van der Waals surface area contributed by atoms with E-state index < -0.39 is 7.32 Å². The summed E-state index contributed by atoms with van der Waals surface area (Å²) in [6.45, 7) is 0. The first kappa shape index (κ1) is 7.45. The van der Waals surface area contributed by atoms with Crippen LogP contribution in [0.1, 0.15) is 0 Å². The van der Waals surface area contributed by atoms with Crippen molar-refractivity contribution in [1.29, 1.82) is 0 Å². The molecule has 1 aromatic rings. The topological polar surface area (TPSA) is 78.4 Å². The fraction of sp³-hybridized carbons (Fsp3) is 0. The van der Waals surface area contributed by atoms with Crippen molar-refractivity contribution in [1.82, 2.24) is 9.97 Å². The molecule has 0 spiro atoms. The SMILES string of the molecule is OB(O)Oc1ncc(S)[nH]1. The Bertz CT molecular complexity index is 215. The summed E-state index contributed by atoms with van der Waals surface area (Å²) in [6.07, 6.45) is 1.39. The van der Waals surface area contributed by atoms with E-state index in [1.807, 2.05) is 0 Å². The lowest BCUT2D eigenvalue weighted by molar-refractivity contribution is 0.278. The molecule has 0 fully saturated rings. The third kappa shape index (κ3) is 1.94. The van der Waals surface area contributed by atoms with Gasteiger partial charge in [-0.25, -0.2) is 4.98 Å². The third-order valence-corrected chi connectivity index (χ3v) is 0.983. The van der Waals surface area contributed by atoms with Gasteiger partial charge >= 0.3 is 7.32 Å². The molecule has 1 heterocycles. The van der Waals surface area contributed by atoms with E-state index in [2.05, 4.69) is 27.3 Å². The van der Waals surface area contributed by atoms with Gasteiger partial charge in [0.2, 0.25) is 0 Å². The minimum atomic E-state index is -1.85. The predicted octanol–water partition coefficient (Wildman–Crippen LogP) is -0.953. The number of imidazole rings is 1. The summed E-state index contributed by atoms with van der Waals surface area (Å²) in [6, 6.07) is 0.0278. The molecule has 0 aliphatic carbocycles. The molecule has 0 unspecified atom stereocenters. The summed E-state index contributed by atoms with van der Waals surface area (Å²) < 4.78 is 4.33. The van der Waals surface area contributed by atoms with Gasteiger partial charge in [0.05, 0.1) is 11.2 Å². The second-order valence-corrected chi connectivity index (χ2v) is 2.00. The van der Waals surface area contributed by atoms with Crippen LogP contribution >= 0.6 is 12.6 Å². The van der Waals surface area contributed by atoms with Crippen LogP contribution in [0.15, 0.2) is 11.2 Å². The largest absolute Gasteiger partial charge is 0.709 e. The van der Waals surface area contributed by atoms with Crippen molar-refractivity contribution >= 4 is 20.0 Å². The summed E-state index contributed by atoms with van der Waals surface area (Å²) in [5.74, 6) is 0. The molecule has 5 nitrogen and oxygen atoms in total. The first-order valence-electron chi connectivity index (χ1n) is 2.45. The molecule has 7 heteroatoms.